The van der Waals surface area contributed by atoms with Crippen LogP contribution in [-0.2, 0) is 11.3 Å². The maximum absolute atomic E-state index is 12.9. The van der Waals surface area contributed by atoms with Gasteiger partial charge in [0.05, 0.1) is 11.3 Å². The van der Waals surface area contributed by atoms with Crippen molar-refractivity contribution in [1.82, 2.24) is 4.57 Å². The molecule has 0 saturated heterocycles. The minimum absolute atomic E-state index is 0.0969. The lowest BCUT2D eigenvalue weighted by Crippen LogP contribution is -2.16. The summed E-state index contributed by atoms with van der Waals surface area (Å²) in [4.78, 5) is 22.9. The highest BCUT2D eigenvalue weighted by Gasteiger charge is 2.13. The van der Waals surface area contributed by atoms with Crippen molar-refractivity contribution in [2.24, 2.45) is 0 Å². The van der Waals surface area contributed by atoms with E-state index in [-0.39, 0.29) is 23.7 Å². The van der Waals surface area contributed by atoms with Crippen molar-refractivity contribution in [3.63, 3.8) is 0 Å². The van der Waals surface area contributed by atoms with E-state index in [1.165, 1.54) is 16.7 Å². The number of carbonyl (C=O) groups is 1. The van der Waals surface area contributed by atoms with Gasteiger partial charge in [0.2, 0.25) is 0 Å². The zero-order valence-electron chi connectivity index (χ0n) is 10.2. The number of aromatic nitrogens is 1. The molecular formula is C13H12FNO3S. The van der Waals surface area contributed by atoms with Gasteiger partial charge in [0.1, 0.15) is 5.82 Å². The quantitative estimate of drug-likeness (QED) is 0.936. The molecule has 0 fully saturated rings. The average molecular weight is 281 g/mol. The predicted molar refractivity (Wildman–Crippen MR) is 71.0 cm³/mol. The lowest BCUT2D eigenvalue weighted by Gasteiger charge is -2.04. The fraction of sp³-hybridized carbons (Fsp3) is 0.231. The minimum Gasteiger partial charge on any atom is -0.481 e. The third kappa shape index (κ3) is 2.90. The Labute approximate surface area is 112 Å². The van der Waals surface area contributed by atoms with Gasteiger partial charge in [-0.3, -0.25) is 9.59 Å². The molecule has 0 saturated carbocycles. The van der Waals surface area contributed by atoms with Crippen molar-refractivity contribution >= 4 is 17.3 Å². The molecule has 0 radical (unpaired) electrons. The summed E-state index contributed by atoms with van der Waals surface area (Å²) < 4.78 is 14.3. The number of halogens is 1. The van der Waals surface area contributed by atoms with Gasteiger partial charge in [-0.2, -0.15) is 0 Å². The molecule has 4 nitrogen and oxygen atoms in total. The highest BCUT2D eigenvalue weighted by atomic mass is 32.1. The normalized spacial score (nSPS) is 10.6. The van der Waals surface area contributed by atoms with Crippen LogP contribution in [0.3, 0.4) is 0 Å². The molecule has 19 heavy (non-hydrogen) atoms. The van der Waals surface area contributed by atoms with E-state index in [0.717, 1.165) is 21.8 Å². The van der Waals surface area contributed by atoms with Crippen LogP contribution >= 0.6 is 11.3 Å². The van der Waals surface area contributed by atoms with E-state index in [0.29, 0.717) is 5.69 Å². The van der Waals surface area contributed by atoms with Crippen molar-refractivity contribution in [3.05, 3.63) is 45.4 Å². The molecule has 2 rings (SSSR count). The Balaban J connectivity index is 2.38. The molecular weight excluding hydrogens is 269 g/mol. The van der Waals surface area contributed by atoms with Gasteiger partial charge in [-0.15, -0.1) is 0 Å². The number of carboxylic acid groups (broad SMARTS) is 1. The molecule has 0 atom stereocenters. The first-order chi connectivity index (χ1) is 8.99. The van der Waals surface area contributed by atoms with Crippen LogP contribution in [0.25, 0.3) is 10.4 Å². The van der Waals surface area contributed by atoms with Crippen LogP contribution in [-0.4, -0.2) is 15.6 Å². The second kappa shape index (κ2) is 5.36. The Hall–Kier alpha value is -1.95. The maximum Gasteiger partial charge on any atom is 0.307 e. The number of nitrogens with zero attached hydrogens (tertiary/aromatic N) is 1. The Kier molecular flexibility index (Phi) is 3.80. The predicted octanol–water partition coefficient (Wildman–Crippen LogP) is 2.50. The SMILES string of the molecule is Cc1c(-c2ccc(F)cc2)sc(=O)n1CCC(=O)O. The molecule has 0 amide bonds. The summed E-state index contributed by atoms with van der Waals surface area (Å²) in [6.07, 6.45) is -0.0969. The molecule has 0 aliphatic heterocycles. The fourth-order valence-electron chi connectivity index (χ4n) is 1.81. The van der Waals surface area contributed by atoms with Gasteiger partial charge in [-0.05, 0) is 24.6 Å². The highest BCUT2D eigenvalue weighted by Crippen LogP contribution is 2.26. The first kappa shape index (κ1) is 13.5. The van der Waals surface area contributed by atoms with Crippen LogP contribution in [0.5, 0.6) is 0 Å². The van der Waals surface area contributed by atoms with Crippen molar-refractivity contribution in [3.8, 4) is 10.4 Å². The molecule has 2 aromatic rings. The topological polar surface area (TPSA) is 59.3 Å². The number of thiazole rings is 1. The standard InChI is InChI=1S/C13H12FNO3S/c1-8-12(9-2-4-10(14)5-3-9)19-13(18)15(8)7-6-11(16)17/h2-5H,6-7H2,1H3,(H,16,17). The summed E-state index contributed by atoms with van der Waals surface area (Å²) in [5.41, 5.74) is 1.47. The summed E-state index contributed by atoms with van der Waals surface area (Å²) in [5.74, 6) is -1.28. The first-order valence-electron chi connectivity index (χ1n) is 5.67. The summed E-state index contributed by atoms with van der Waals surface area (Å²) in [6.45, 7) is 1.91. The minimum atomic E-state index is -0.944. The van der Waals surface area contributed by atoms with Crippen LogP contribution < -0.4 is 4.87 Å². The van der Waals surface area contributed by atoms with Crippen LogP contribution in [0.2, 0.25) is 0 Å². The summed E-state index contributed by atoms with van der Waals surface area (Å²) in [5, 5.41) is 8.66. The van der Waals surface area contributed by atoms with E-state index in [9.17, 15) is 14.0 Å². The zero-order valence-corrected chi connectivity index (χ0v) is 11.0. The fourth-order valence-corrected chi connectivity index (χ4v) is 2.84. The molecule has 0 aliphatic rings. The van der Waals surface area contributed by atoms with Gasteiger partial charge in [-0.1, -0.05) is 23.5 Å². The number of benzene rings is 1. The molecule has 1 aromatic heterocycles. The third-order valence-electron chi connectivity index (χ3n) is 2.80. The molecule has 1 heterocycles. The Morgan fingerprint density at radius 2 is 2.00 bits per heavy atom. The first-order valence-corrected chi connectivity index (χ1v) is 6.48. The Bertz CT molecular complexity index is 658. The van der Waals surface area contributed by atoms with Crippen LogP contribution in [0.4, 0.5) is 4.39 Å². The number of aliphatic carboxylic acids is 1. The highest BCUT2D eigenvalue weighted by molar-refractivity contribution is 7.13. The number of hydrogen-bond acceptors (Lipinski definition) is 3. The smallest absolute Gasteiger partial charge is 0.307 e. The summed E-state index contributed by atoms with van der Waals surface area (Å²) in [7, 11) is 0. The lowest BCUT2D eigenvalue weighted by molar-refractivity contribution is -0.137. The summed E-state index contributed by atoms with van der Waals surface area (Å²) in [6, 6.07) is 5.88. The van der Waals surface area contributed by atoms with Gasteiger partial charge < -0.3 is 9.67 Å². The van der Waals surface area contributed by atoms with Crippen molar-refractivity contribution < 1.29 is 14.3 Å². The molecule has 100 valence electrons. The second-order valence-electron chi connectivity index (χ2n) is 4.08. The molecule has 6 heteroatoms. The van der Waals surface area contributed by atoms with E-state index >= 15 is 0 Å². The number of carboxylic acids is 1. The van der Waals surface area contributed by atoms with Gasteiger partial charge in [0.15, 0.2) is 0 Å². The lowest BCUT2D eigenvalue weighted by atomic mass is 10.1. The molecule has 1 aromatic carbocycles. The van der Waals surface area contributed by atoms with Gasteiger partial charge in [0, 0.05) is 12.2 Å². The molecule has 0 bridgehead atoms. The Morgan fingerprint density at radius 1 is 1.37 bits per heavy atom. The van der Waals surface area contributed by atoms with Gasteiger partial charge in [-0.25, -0.2) is 4.39 Å². The van der Waals surface area contributed by atoms with Crippen LogP contribution in [0.1, 0.15) is 12.1 Å². The van der Waals surface area contributed by atoms with E-state index in [4.69, 9.17) is 5.11 Å². The molecule has 1 N–H and O–H groups in total. The Morgan fingerprint density at radius 3 is 2.58 bits per heavy atom. The van der Waals surface area contributed by atoms with E-state index in [1.54, 1.807) is 19.1 Å². The van der Waals surface area contributed by atoms with Crippen LogP contribution in [0, 0.1) is 12.7 Å². The zero-order chi connectivity index (χ0) is 14.0. The van der Waals surface area contributed by atoms with Crippen molar-refractivity contribution in [1.29, 1.82) is 0 Å². The maximum atomic E-state index is 12.9. The average Bonchev–Trinajstić information content (AvgIpc) is 2.63. The van der Waals surface area contributed by atoms with E-state index in [2.05, 4.69) is 0 Å². The summed E-state index contributed by atoms with van der Waals surface area (Å²) >= 11 is 1.04. The molecule has 0 unspecified atom stereocenters. The van der Waals surface area contributed by atoms with E-state index < -0.39 is 5.97 Å². The largest absolute Gasteiger partial charge is 0.481 e. The number of hydrogen-bond donors (Lipinski definition) is 1. The van der Waals surface area contributed by atoms with Crippen LogP contribution in [0.15, 0.2) is 29.1 Å². The van der Waals surface area contributed by atoms with Gasteiger partial charge in [0.25, 0.3) is 0 Å². The van der Waals surface area contributed by atoms with Gasteiger partial charge >= 0.3 is 10.8 Å². The van der Waals surface area contributed by atoms with Crippen molar-refractivity contribution in [2.75, 3.05) is 0 Å². The third-order valence-corrected chi connectivity index (χ3v) is 3.93. The second-order valence-corrected chi connectivity index (χ2v) is 5.05. The monoisotopic (exact) mass is 281 g/mol. The number of rotatable bonds is 4. The van der Waals surface area contributed by atoms with E-state index in [1.807, 2.05) is 0 Å². The molecule has 0 aliphatic carbocycles. The molecule has 0 spiro atoms. The van der Waals surface area contributed by atoms with Crippen molar-refractivity contribution in [2.45, 2.75) is 19.9 Å².